The van der Waals surface area contributed by atoms with E-state index in [1.807, 2.05) is 30.0 Å². The molecule has 0 nitrogen and oxygen atoms in total. The molecule has 0 amide bonds. The van der Waals surface area contributed by atoms with Gasteiger partial charge in [-0.05, 0) is 29.9 Å². The summed E-state index contributed by atoms with van der Waals surface area (Å²) in [5.41, 5.74) is 2.39. The monoisotopic (exact) mass is 280 g/mol. The Morgan fingerprint density at radius 2 is 1.60 bits per heavy atom. The highest BCUT2D eigenvalue weighted by molar-refractivity contribution is 7.99. The first-order valence-corrected chi connectivity index (χ1v) is 8.18. The van der Waals surface area contributed by atoms with Crippen LogP contribution in [0.2, 0.25) is 0 Å². The maximum Gasteiger partial charge on any atom is 0.0909 e. The number of hydrogen-bond donors (Lipinski definition) is 0. The molecule has 1 heteroatoms. The Bertz CT molecular complexity index is 549. The van der Waals surface area contributed by atoms with Gasteiger partial charge >= 0.3 is 0 Å². The van der Waals surface area contributed by atoms with E-state index in [1.165, 1.54) is 24.2 Å². The summed E-state index contributed by atoms with van der Waals surface area (Å²) in [6.45, 7) is 2.23. The SMILES string of the molecule is CCCCSC(C#Cc1ccccc1)c1ccccc1. The highest BCUT2D eigenvalue weighted by Gasteiger charge is 2.07. The van der Waals surface area contributed by atoms with Crippen LogP contribution in [0, 0.1) is 11.8 Å². The Morgan fingerprint density at radius 3 is 2.25 bits per heavy atom. The molecule has 0 fully saturated rings. The van der Waals surface area contributed by atoms with Crippen molar-refractivity contribution in [1.82, 2.24) is 0 Å². The maximum atomic E-state index is 3.42. The lowest BCUT2D eigenvalue weighted by molar-refractivity contribution is 0.895. The van der Waals surface area contributed by atoms with E-state index < -0.39 is 0 Å². The van der Waals surface area contributed by atoms with E-state index in [1.54, 1.807) is 0 Å². The normalized spacial score (nSPS) is 11.4. The standard InChI is InChI=1S/C19H20S/c1-2-3-16-20-19(18-12-8-5-9-13-18)15-14-17-10-6-4-7-11-17/h4-13,19H,2-3,16H2,1H3. The topological polar surface area (TPSA) is 0 Å². The smallest absolute Gasteiger partial charge is 0.0909 e. The molecule has 0 saturated heterocycles. The predicted molar refractivity (Wildman–Crippen MR) is 89.9 cm³/mol. The van der Waals surface area contributed by atoms with Crippen LogP contribution >= 0.6 is 11.8 Å². The first-order chi connectivity index (χ1) is 9.90. The number of unbranched alkanes of at least 4 members (excludes halogenated alkanes) is 1. The van der Waals surface area contributed by atoms with Crippen molar-refractivity contribution in [1.29, 1.82) is 0 Å². The van der Waals surface area contributed by atoms with Crippen molar-refractivity contribution in [2.45, 2.75) is 25.0 Å². The molecule has 0 aliphatic rings. The second kappa shape index (κ2) is 8.51. The molecule has 0 N–H and O–H groups in total. The molecule has 2 aromatic rings. The first kappa shape index (κ1) is 14.8. The van der Waals surface area contributed by atoms with Crippen LogP contribution in [0.1, 0.15) is 36.1 Å². The molecule has 2 aromatic carbocycles. The summed E-state index contributed by atoms with van der Waals surface area (Å²) < 4.78 is 0. The average Bonchev–Trinajstić information content (AvgIpc) is 2.52. The van der Waals surface area contributed by atoms with Crippen LogP contribution in [0.25, 0.3) is 0 Å². The molecular formula is C19H20S. The molecular weight excluding hydrogens is 260 g/mol. The Balaban J connectivity index is 2.13. The van der Waals surface area contributed by atoms with Gasteiger partial charge in [0.05, 0.1) is 5.25 Å². The molecule has 0 heterocycles. The van der Waals surface area contributed by atoms with Crippen LogP contribution in [0.4, 0.5) is 0 Å². The highest BCUT2D eigenvalue weighted by Crippen LogP contribution is 2.28. The number of hydrogen-bond acceptors (Lipinski definition) is 1. The number of rotatable bonds is 5. The fraction of sp³-hybridized carbons (Fsp3) is 0.263. The third-order valence-electron chi connectivity index (χ3n) is 3.01. The molecule has 102 valence electrons. The third-order valence-corrected chi connectivity index (χ3v) is 4.25. The molecule has 1 unspecified atom stereocenters. The van der Waals surface area contributed by atoms with E-state index in [0.717, 1.165) is 5.56 Å². The van der Waals surface area contributed by atoms with Gasteiger partial charge in [-0.15, -0.1) is 11.8 Å². The van der Waals surface area contributed by atoms with Gasteiger partial charge in [0.25, 0.3) is 0 Å². The molecule has 0 aliphatic heterocycles. The summed E-state index contributed by atoms with van der Waals surface area (Å²) in [6.07, 6.45) is 2.49. The van der Waals surface area contributed by atoms with E-state index >= 15 is 0 Å². The maximum absolute atomic E-state index is 3.42. The zero-order chi connectivity index (χ0) is 14.0. The van der Waals surface area contributed by atoms with Crippen LogP contribution < -0.4 is 0 Å². The van der Waals surface area contributed by atoms with E-state index in [2.05, 4.69) is 61.2 Å². The van der Waals surface area contributed by atoms with Crippen LogP contribution in [0.3, 0.4) is 0 Å². The summed E-state index contributed by atoms with van der Waals surface area (Å²) in [7, 11) is 0. The Labute approximate surface area is 126 Å². The molecule has 1 atom stereocenters. The highest BCUT2D eigenvalue weighted by atomic mass is 32.2. The summed E-state index contributed by atoms with van der Waals surface area (Å²) in [4.78, 5) is 0. The van der Waals surface area contributed by atoms with Crippen LogP contribution in [-0.4, -0.2) is 5.75 Å². The second-order valence-electron chi connectivity index (χ2n) is 4.65. The fourth-order valence-electron chi connectivity index (χ4n) is 1.86. The van der Waals surface area contributed by atoms with Crippen LogP contribution in [-0.2, 0) is 0 Å². The minimum Gasteiger partial charge on any atom is -0.141 e. The molecule has 2 rings (SSSR count). The predicted octanol–water partition coefficient (Wildman–Crippen LogP) is 5.31. The Morgan fingerprint density at radius 1 is 0.950 bits per heavy atom. The summed E-state index contributed by atoms with van der Waals surface area (Å²) in [5.74, 6) is 7.89. The van der Waals surface area contributed by atoms with E-state index in [-0.39, 0.29) is 5.25 Å². The molecule has 0 spiro atoms. The minimum absolute atomic E-state index is 0.267. The van der Waals surface area contributed by atoms with Crippen molar-refractivity contribution in [3.63, 3.8) is 0 Å². The zero-order valence-corrected chi connectivity index (χ0v) is 12.7. The minimum atomic E-state index is 0.267. The summed E-state index contributed by atoms with van der Waals surface area (Å²) >= 11 is 1.94. The molecule has 0 aromatic heterocycles. The molecule has 20 heavy (non-hydrogen) atoms. The van der Waals surface area contributed by atoms with Gasteiger partial charge in [0.1, 0.15) is 0 Å². The van der Waals surface area contributed by atoms with E-state index in [9.17, 15) is 0 Å². The van der Waals surface area contributed by atoms with Crippen molar-refractivity contribution in [2.24, 2.45) is 0 Å². The first-order valence-electron chi connectivity index (χ1n) is 7.13. The average molecular weight is 280 g/mol. The number of benzene rings is 2. The molecule has 0 bridgehead atoms. The number of thioether (sulfide) groups is 1. The summed E-state index contributed by atoms with van der Waals surface area (Å²) in [6, 6.07) is 20.8. The van der Waals surface area contributed by atoms with Gasteiger partial charge < -0.3 is 0 Å². The van der Waals surface area contributed by atoms with E-state index in [4.69, 9.17) is 0 Å². The molecule has 0 radical (unpaired) electrons. The quantitative estimate of drug-likeness (QED) is 0.528. The van der Waals surface area contributed by atoms with Gasteiger partial charge in [-0.2, -0.15) is 0 Å². The van der Waals surface area contributed by atoms with Gasteiger partial charge in [0.15, 0.2) is 0 Å². The zero-order valence-electron chi connectivity index (χ0n) is 11.9. The Kier molecular flexibility index (Phi) is 6.27. The van der Waals surface area contributed by atoms with Gasteiger partial charge in [0, 0.05) is 5.56 Å². The van der Waals surface area contributed by atoms with E-state index in [0.29, 0.717) is 0 Å². The van der Waals surface area contributed by atoms with Crippen molar-refractivity contribution in [2.75, 3.05) is 5.75 Å². The lowest BCUT2D eigenvalue weighted by atomic mass is 10.1. The second-order valence-corrected chi connectivity index (χ2v) is 5.86. The Hall–Kier alpha value is -1.65. The van der Waals surface area contributed by atoms with Crippen molar-refractivity contribution in [3.8, 4) is 11.8 Å². The third kappa shape index (κ3) is 4.79. The fourth-order valence-corrected chi connectivity index (χ4v) is 3.05. The van der Waals surface area contributed by atoms with Crippen molar-refractivity contribution >= 4 is 11.8 Å². The summed E-state index contributed by atoms with van der Waals surface area (Å²) in [5, 5.41) is 0.267. The van der Waals surface area contributed by atoms with Crippen molar-refractivity contribution < 1.29 is 0 Å². The lowest BCUT2D eigenvalue weighted by Crippen LogP contribution is -1.92. The molecule has 0 aliphatic carbocycles. The van der Waals surface area contributed by atoms with Gasteiger partial charge in [-0.3, -0.25) is 0 Å². The van der Waals surface area contributed by atoms with Gasteiger partial charge in [-0.25, -0.2) is 0 Å². The van der Waals surface area contributed by atoms with Gasteiger partial charge in [-0.1, -0.05) is 73.7 Å². The molecule has 0 saturated carbocycles. The lowest BCUT2D eigenvalue weighted by Gasteiger charge is -2.10. The van der Waals surface area contributed by atoms with Gasteiger partial charge in [0.2, 0.25) is 0 Å². The largest absolute Gasteiger partial charge is 0.141 e. The van der Waals surface area contributed by atoms with Crippen LogP contribution in [0.15, 0.2) is 60.7 Å². The van der Waals surface area contributed by atoms with Crippen molar-refractivity contribution in [3.05, 3.63) is 71.8 Å². The van der Waals surface area contributed by atoms with Crippen LogP contribution in [0.5, 0.6) is 0 Å².